The third kappa shape index (κ3) is 4.72. The molecule has 3 N–H and O–H groups in total. The molecule has 1 atom stereocenters. The van der Waals surface area contributed by atoms with Crippen molar-refractivity contribution in [2.45, 2.75) is 31.5 Å². The second kappa shape index (κ2) is 8.76. The average Bonchev–Trinajstić information content (AvgIpc) is 3.55. The van der Waals surface area contributed by atoms with Gasteiger partial charge in [-0.3, -0.25) is 4.79 Å². The fourth-order valence-corrected chi connectivity index (χ4v) is 4.15. The topological polar surface area (TPSA) is 47.2 Å². The molecule has 0 bridgehead atoms. The van der Waals surface area contributed by atoms with Crippen LogP contribution in [0.3, 0.4) is 0 Å². The summed E-state index contributed by atoms with van der Waals surface area (Å²) in [5.41, 5.74) is 2.47. The number of rotatable bonds is 7. The number of piperazine rings is 1. The highest BCUT2D eigenvalue weighted by Crippen LogP contribution is 2.20. The van der Waals surface area contributed by atoms with Gasteiger partial charge >= 0.3 is 0 Å². The summed E-state index contributed by atoms with van der Waals surface area (Å²) in [6, 6.07) is 19.0. The summed E-state index contributed by atoms with van der Waals surface area (Å²) in [5.74, 6) is 1.10. The van der Waals surface area contributed by atoms with Gasteiger partial charge in [0.15, 0.2) is 6.04 Å². The summed E-state index contributed by atoms with van der Waals surface area (Å²) in [4.78, 5) is 16.0. The number of carbonyl (C=O) groups is 1. The molecule has 1 amide bonds. The van der Waals surface area contributed by atoms with Crippen LogP contribution in [0.4, 0.5) is 0 Å². The molecular weight excluding hydrogens is 350 g/mol. The lowest BCUT2D eigenvalue weighted by Gasteiger charge is -2.34. The van der Waals surface area contributed by atoms with Crippen molar-refractivity contribution < 1.29 is 19.3 Å². The van der Waals surface area contributed by atoms with Gasteiger partial charge in [0.25, 0.3) is 5.91 Å². The van der Waals surface area contributed by atoms with Gasteiger partial charge in [-0.15, -0.1) is 0 Å². The van der Waals surface area contributed by atoms with E-state index in [2.05, 4.69) is 29.6 Å². The third-order valence-electron chi connectivity index (χ3n) is 5.94. The lowest BCUT2D eigenvalue weighted by molar-refractivity contribution is -1.03. The van der Waals surface area contributed by atoms with Crippen LogP contribution in [0.2, 0.25) is 0 Å². The Hall–Kier alpha value is -2.37. The first kappa shape index (κ1) is 19.0. The van der Waals surface area contributed by atoms with Crippen molar-refractivity contribution >= 4 is 5.91 Å². The van der Waals surface area contributed by atoms with Crippen molar-refractivity contribution in [2.75, 3.05) is 33.3 Å². The largest absolute Gasteiger partial charge is 0.497 e. The van der Waals surface area contributed by atoms with E-state index in [1.54, 1.807) is 12.0 Å². The highest BCUT2D eigenvalue weighted by atomic mass is 16.5. The Morgan fingerprint density at radius 2 is 1.71 bits per heavy atom. The Labute approximate surface area is 167 Å². The molecule has 1 saturated heterocycles. The molecule has 28 heavy (non-hydrogen) atoms. The van der Waals surface area contributed by atoms with Crippen LogP contribution in [0, 0.1) is 0 Å². The van der Waals surface area contributed by atoms with Gasteiger partial charge in [-0.25, -0.2) is 0 Å². The first-order valence-corrected chi connectivity index (χ1v) is 10.4. The van der Waals surface area contributed by atoms with Crippen molar-refractivity contribution in [1.29, 1.82) is 0 Å². The highest BCUT2D eigenvalue weighted by Gasteiger charge is 2.37. The second-order valence-corrected chi connectivity index (χ2v) is 8.06. The van der Waals surface area contributed by atoms with Gasteiger partial charge in [-0.2, -0.15) is 0 Å². The minimum absolute atomic E-state index is 0.0932. The van der Waals surface area contributed by atoms with E-state index in [1.165, 1.54) is 10.5 Å². The SMILES string of the molecule is COc1ccc(C[NH+]2CC[NH+]([C@H](C(=O)NC3CC3)c3ccccc3)CC2)cc1. The van der Waals surface area contributed by atoms with Crippen LogP contribution < -0.4 is 19.9 Å². The zero-order valence-corrected chi connectivity index (χ0v) is 16.6. The maximum atomic E-state index is 13.0. The van der Waals surface area contributed by atoms with Crippen LogP contribution in [0.15, 0.2) is 54.6 Å². The number of hydrogen-bond donors (Lipinski definition) is 3. The van der Waals surface area contributed by atoms with E-state index < -0.39 is 0 Å². The minimum Gasteiger partial charge on any atom is -0.497 e. The Morgan fingerprint density at radius 1 is 1.04 bits per heavy atom. The molecule has 5 heteroatoms. The normalized spacial score (nSPS) is 23.0. The smallest absolute Gasteiger partial charge is 0.283 e. The van der Waals surface area contributed by atoms with E-state index in [0.29, 0.717) is 6.04 Å². The third-order valence-corrected chi connectivity index (χ3v) is 5.94. The number of quaternary nitrogens is 2. The van der Waals surface area contributed by atoms with Crippen molar-refractivity contribution in [1.82, 2.24) is 5.32 Å². The Balaban J connectivity index is 1.38. The molecule has 1 saturated carbocycles. The molecule has 148 valence electrons. The van der Waals surface area contributed by atoms with Crippen molar-refractivity contribution in [3.05, 3.63) is 65.7 Å². The molecular formula is C23H31N3O2+2. The maximum absolute atomic E-state index is 13.0. The predicted molar refractivity (Wildman–Crippen MR) is 108 cm³/mol. The average molecular weight is 382 g/mol. The summed E-state index contributed by atoms with van der Waals surface area (Å²) < 4.78 is 5.25. The standard InChI is InChI=1S/C23H29N3O2/c1-28-21-11-7-18(8-12-21)17-25-13-15-26(16-14-25)22(19-5-3-2-4-6-19)23(27)24-20-9-10-20/h2-8,11-12,20,22H,9-10,13-17H2,1H3,(H,24,27)/p+2/t22-/m0/s1. The molecule has 2 aliphatic rings. The summed E-state index contributed by atoms with van der Waals surface area (Å²) in [6.07, 6.45) is 2.25. The van der Waals surface area contributed by atoms with E-state index in [1.807, 2.05) is 30.3 Å². The molecule has 1 aliphatic carbocycles. The summed E-state index contributed by atoms with van der Waals surface area (Å²) >= 11 is 0. The monoisotopic (exact) mass is 381 g/mol. The van der Waals surface area contributed by atoms with Crippen molar-refractivity contribution in [3.63, 3.8) is 0 Å². The van der Waals surface area contributed by atoms with Crippen LogP contribution in [0.5, 0.6) is 5.75 Å². The lowest BCUT2D eigenvalue weighted by Crippen LogP contribution is -3.28. The number of ether oxygens (including phenoxy) is 1. The van der Waals surface area contributed by atoms with Crippen LogP contribution in [0.1, 0.15) is 30.0 Å². The molecule has 0 spiro atoms. The summed E-state index contributed by atoms with van der Waals surface area (Å²) in [7, 11) is 1.70. The molecule has 5 nitrogen and oxygen atoms in total. The Bertz CT molecular complexity index is 766. The number of methoxy groups -OCH3 is 1. The predicted octanol–water partition coefficient (Wildman–Crippen LogP) is -0.00150. The fourth-order valence-electron chi connectivity index (χ4n) is 4.15. The zero-order valence-electron chi connectivity index (χ0n) is 16.6. The van der Waals surface area contributed by atoms with Crippen molar-refractivity contribution in [3.8, 4) is 5.75 Å². The molecule has 0 unspecified atom stereocenters. The molecule has 2 aromatic carbocycles. The second-order valence-electron chi connectivity index (χ2n) is 8.06. The molecule has 2 fully saturated rings. The number of amides is 1. The number of benzene rings is 2. The fraction of sp³-hybridized carbons (Fsp3) is 0.435. The number of carbonyl (C=O) groups excluding carboxylic acids is 1. The van der Waals surface area contributed by atoms with Gasteiger partial charge in [0.1, 0.15) is 38.5 Å². The molecule has 1 aliphatic heterocycles. The van der Waals surface area contributed by atoms with Crippen LogP contribution >= 0.6 is 0 Å². The Kier molecular flexibility index (Phi) is 5.93. The van der Waals surface area contributed by atoms with Gasteiger partial charge in [-0.1, -0.05) is 30.3 Å². The van der Waals surface area contributed by atoms with Gasteiger partial charge in [0.05, 0.1) is 7.11 Å². The van der Waals surface area contributed by atoms with Crippen LogP contribution in [-0.4, -0.2) is 45.2 Å². The van der Waals surface area contributed by atoms with Gasteiger partial charge in [-0.05, 0) is 37.1 Å². The molecule has 1 heterocycles. The van der Waals surface area contributed by atoms with E-state index in [9.17, 15) is 4.79 Å². The van der Waals surface area contributed by atoms with Crippen molar-refractivity contribution in [2.24, 2.45) is 0 Å². The van der Waals surface area contributed by atoms with E-state index in [0.717, 1.165) is 56.9 Å². The van der Waals surface area contributed by atoms with Gasteiger partial charge < -0.3 is 19.9 Å². The van der Waals surface area contributed by atoms with E-state index in [4.69, 9.17) is 4.74 Å². The van der Waals surface area contributed by atoms with Gasteiger partial charge in [0.2, 0.25) is 0 Å². The Morgan fingerprint density at radius 3 is 2.32 bits per heavy atom. The van der Waals surface area contributed by atoms with E-state index in [-0.39, 0.29) is 11.9 Å². The van der Waals surface area contributed by atoms with Crippen LogP contribution in [-0.2, 0) is 11.3 Å². The zero-order chi connectivity index (χ0) is 19.3. The quantitative estimate of drug-likeness (QED) is 0.632. The summed E-state index contributed by atoms with van der Waals surface area (Å²) in [5, 5.41) is 3.23. The molecule has 2 aromatic rings. The summed E-state index contributed by atoms with van der Waals surface area (Å²) in [6.45, 7) is 5.23. The minimum atomic E-state index is -0.0932. The van der Waals surface area contributed by atoms with E-state index >= 15 is 0 Å². The van der Waals surface area contributed by atoms with Gasteiger partial charge in [0, 0.05) is 17.2 Å². The number of hydrogen-bond acceptors (Lipinski definition) is 2. The first-order valence-electron chi connectivity index (χ1n) is 10.4. The maximum Gasteiger partial charge on any atom is 0.283 e. The lowest BCUT2D eigenvalue weighted by atomic mass is 10.0. The number of nitrogens with one attached hydrogen (secondary N) is 3. The molecule has 4 rings (SSSR count). The first-order chi connectivity index (χ1) is 13.7. The van der Waals surface area contributed by atoms with Crippen LogP contribution in [0.25, 0.3) is 0 Å². The highest BCUT2D eigenvalue weighted by molar-refractivity contribution is 5.82. The molecule has 0 aromatic heterocycles. The molecule has 0 radical (unpaired) electrons.